The van der Waals surface area contributed by atoms with E-state index in [0.29, 0.717) is 0 Å². The van der Waals surface area contributed by atoms with E-state index in [9.17, 15) is 0 Å². The molecule has 2 aliphatic carbocycles. The van der Waals surface area contributed by atoms with E-state index in [1.165, 1.54) is 50.1 Å². The zero-order chi connectivity index (χ0) is 19.6. The zero-order valence-electron chi connectivity index (χ0n) is 17.3. The Morgan fingerprint density at radius 3 is 1.96 bits per heavy atom. The van der Waals surface area contributed by atoms with Crippen molar-refractivity contribution >= 4 is 23.1 Å². The molecule has 0 aromatic heterocycles. The van der Waals surface area contributed by atoms with Crippen molar-refractivity contribution in [3.63, 3.8) is 0 Å². The summed E-state index contributed by atoms with van der Waals surface area (Å²) in [7, 11) is 15.2. The molecular formula is C23H30Cl2Zr. The first-order valence-corrected chi connectivity index (χ1v) is 18.5. The maximum absolute atomic E-state index is 7.62. The molecule has 1 atom stereocenters. The number of hydrogen-bond acceptors (Lipinski definition) is 0. The van der Waals surface area contributed by atoms with Crippen LogP contribution in [0.25, 0.3) is 6.08 Å². The average Bonchev–Trinajstić information content (AvgIpc) is 2.97. The summed E-state index contributed by atoms with van der Waals surface area (Å²) in [5.41, 5.74) is 12.3. The van der Waals surface area contributed by atoms with E-state index in [1.54, 1.807) is 0 Å². The van der Waals surface area contributed by atoms with Crippen LogP contribution in [-0.2, 0) is 17.9 Å². The second-order valence-electron chi connectivity index (χ2n) is 8.29. The minimum absolute atomic E-state index is 0.120. The first-order valence-electron chi connectivity index (χ1n) is 9.54. The van der Waals surface area contributed by atoms with Crippen LogP contribution in [0.4, 0.5) is 0 Å². The van der Waals surface area contributed by atoms with Crippen LogP contribution < -0.4 is 0 Å². The van der Waals surface area contributed by atoms with Crippen LogP contribution in [0.1, 0.15) is 73.8 Å². The first-order chi connectivity index (χ1) is 12.0. The molecule has 140 valence electrons. The van der Waals surface area contributed by atoms with Gasteiger partial charge in [-0.05, 0) is 0 Å². The van der Waals surface area contributed by atoms with Crippen molar-refractivity contribution in [2.24, 2.45) is 0 Å². The van der Waals surface area contributed by atoms with E-state index >= 15 is 0 Å². The molecule has 0 nitrogen and oxygen atoms in total. The quantitative estimate of drug-likeness (QED) is 0.417. The van der Waals surface area contributed by atoms with E-state index < -0.39 is 17.9 Å². The van der Waals surface area contributed by atoms with E-state index in [2.05, 4.69) is 73.6 Å². The van der Waals surface area contributed by atoms with Gasteiger partial charge in [0.15, 0.2) is 0 Å². The second-order valence-corrected chi connectivity index (χ2v) is 23.1. The molecule has 1 unspecified atom stereocenters. The van der Waals surface area contributed by atoms with Gasteiger partial charge in [0.1, 0.15) is 0 Å². The van der Waals surface area contributed by atoms with E-state index in [1.807, 2.05) is 0 Å². The third kappa shape index (κ3) is 2.57. The van der Waals surface area contributed by atoms with E-state index in [4.69, 9.17) is 17.0 Å². The minimum atomic E-state index is -3.75. The SMILES string of the molecule is CC[C]1([Zr]([Cl])([Cl])[CH]2C(C)=Cc3c(C)cc(C)cc32)C(C)=C(C)C(C)=C1C. The van der Waals surface area contributed by atoms with Gasteiger partial charge >= 0.3 is 172 Å². The van der Waals surface area contributed by atoms with Gasteiger partial charge in [-0.15, -0.1) is 0 Å². The molecule has 3 heteroatoms. The number of aryl methyl sites for hydroxylation is 2. The summed E-state index contributed by atoms with van der Waals surface area (Å²) in [5, 5.41) is 0. The fourth-order valence-corrected chi connectivity index (χ4v) is 22.8. The molecule has 0 fully saturated rings. The van der Waals surface area contributed by atoms with Crippen LogP contribution in [0.2, 0.25) is 3.12 Å². The number of allylic oxidation sites excluding steroid dienone is 5. The Morgan fingerprint density at radius 1 is 0.923 bits per heavy atom. The van der Waals surface area contributed by atoms with Crippen molar-refractivity contribution in [3.8, 4) is 0 Å². The fraction of sp³-hybridized carbons (Fsp3) is 0.478. The molecule has 3 rings (SSSR count). The Labute approximate surface area is 170 Å². The molecule has 2 aliphatic rings. The van der Waals surface area contributed by atoms with Gasteiger partial charge in [-0.2, -0.15) is 0 Å². The van der Waals surface area contributed by atoms with Crippen molar-refractivity contribution in [3.05, 3.63) is 62.3 Å². The van der Waals surface area contributed by atoms with E-state index in [0.717, 1.165) is 6.42 Å². The molecule has 0 radical (unpaired) electrons. The van der Waals surface area contributed by atoms with Gasteiger partial charge in [-0.25, -0.2) is 0 Å². The van der Waals surface area contributed by atoms with Crippen LogP contribution in [0.15, 0.2) is 40.0 Å². The third-order valence-corrected chi connectivity index (χ3v) is 22.7. The number of halogens is 2. The van der Waals surface area contributed by atoms with Crippen molar-refractivity contribution < 1.29 is 17.9 Å². The number of benzene rings is 1. The summed E-state index contributed by atoms with van der Waals surface area (Å²) >= 11 is -3.75. The van der Waals surface area contributed by atoms with Gasteiger partial charge in [0, 0.05) is 0 Å². The Hall–Kier alpha value is -0.0969. The van der Waals surface area contributed by atoms with Gasteiger partial charge in [-0.3, -0.25) is 0 Å². The van der Waals surface area contributed by atoms with Crippen LogP contribution in [-0.4, -0.2) is 0 Å². The molecule has 1 aromatic carbocycles. The van der Waals surface area contributed by atoms with Crippen molar-refractivity contribution in [2.45, 2.75) is 68.6 Å². The molecule has 1 aromatic rings. The second kappa shape index (κ2) is 6.75. The van der Waals surface area contributed by atoms with E-state index in [-0.39, 0.29) is 6.75 Å². The normalized spacial score (nSPS) is 22.2. The van der Waals surface area contributed by atoms with Crippen molar-refractivity contribution in [1.82, 2.24) is 0 Å². The molecule has 0 heterocycles. The van der Waals surface area contributed by atoms with Crippen molar-refractivity contribution in [1.29, 1.82) is 0 Å². The molecule has 0 bridgehead atoms. The summed E-state index contributed by atoms with van der Waals surface area (Å²) in [4.78, 5) is 0. The van der Waals surface area contributed by atoms with Gasteiger partial charge in [0.2, 0.25) is 0 Å². The predicted molar refractivity (Wildman–Crippen MR) is 114 cm³/mol. The summed E-state index contributed by atoms with van der Waals surface area (Å²) in [6, 6.07) is 4.59. The monoisotopic (exact) mass is 466 g/mol. The standard InChI is InChI=1S/C12H13.C11H17.2ClH.Zr/c1-8-4-10(3)12-7-9(2)6-11(12)5-8;1-6-11-9(4)7(2)8(3)10(11)5;;;/h4-7H,1-3H3;6H2,1-5H3;2*1H;/q;;;;+2/p-2. The Bertz CT molecular complexity index is 860. The fourth-order valence-electron chi connectivity index (χ4n) is 5.48. The molecule has 0 spiro atoms. The van der Waals surface area contributed by atoms with Gasteiger partial charge < -0.3 is 0 Å². The van der Waals surface area contributed by atoms with Crippen molar-refractivity contribution in [2.75, 3.05) is 0 Å². The van der Waals surface area contributed by atoms with Gasteiger partial charge in [0.05, 0.1) is 0 Å². The Balaban J connectivity index is 2.27. The number of rotatable bonds is 3. The summed E-state index contributed by atoms with van der Waals surface area (Å²) in [6.07, 6.45) is 3.33. The summed E-state index contributed by atoms with van der Waals surface area (Å²) in [5.74, 6) is 0. The predicted octanol–water partition coefficient (Wildman–Crippen LogP) is 8.48. The van der Waals surface area contributed by atoms with Crippen LogP contribution in [0.3, 0.4) is 0 Å². The molecular weight excluding hydrogens is 438 g/mol. The van der Waals surface area contributed by atoms with Crippen LogP contribution in [0.5, 0.6) is 0 Å². The molecule has 0 amide bonds. The molecule has 26 heavy (non-hydrogen) atoms. The molecule has 0 saturated carbocycles. The zero-order valence-corrected chi connectivity index (χ0v) is 21.2. The number of fused-ring (bicyclic) bond motifs is 1. The van der Waals surface area contributed by atoms with Gasteiger partial charge in [0.25, 0.3) is 0 Å². The average molecular weight is 469 g/mol. The topological polar surface area (TPSA) is 0 Å². The first kappa shape index (κ1) is 20.6. The molecule has 0 saturated heterocycles. The number of hydrogen-bond donors (Lipinski definition) is 0. The van der Waals surface area contributed by atoms with Crippen LogP contribution >= 0.6 is 17.0 Å². The summed E-state index contributed by atoms with van der Waals surface area (Å²) in [6.45, 7) is 17.9. The third-order valence-electron chi connectivity index (χ3n) is 7.13. The molecule has 0 aliphatic heterocycles. The molecule has 0 N–H and O–H groups in total. The summed E-state index contributed by atoms with van der Waals surface area (Å²) < 4.78 is 0.0927. The Kier molecular flexibility index (Phi) is 5.36. The Morgan fingerprint density at radius 2 is 1.46 bits per heavy atom. The van der Waals surface area contributed by atoms with Gasteiger partial charge in [-0.1, -0.05) is 0 Å². The maximum atomic E-state index is 7.62. The van der Waals surface area contributed by atoms with Crippen LogP contribution in [0, 0.1) is 13.8 Å².